The van der Waals surface area contributed by atoms with E-state index in [1.54, 1.807) is 30.4 Å². The summed E-state index contributed by atoms with van der Waals surface area (Å²) in [5, 5.41) is 9.40. The van der Waals surface area contributed by atoms with Crippen LogP contribution < -0.4 is 4.74 Å². The van der Waals surface area contributed by atoms with Gasteiger partial charge in [0.25, 0.3) is 0 Å². The maximum Gasteiger partial charge on any atom is 0.161 e. The maximum absolute atomic E-state index is 9.40. The number of rotatable bonds is 4. The Morgan fingerprint density at radius 2 is 2.00 bits per heavy atom. The molecule has 0 saturated heterocycles. The topological polar surface area (TPSA) is 29.5 Å². The Hall–Kier alpha value is -1.96. The van der Waals surface area contributed by atoms with E-state index in [1.165, 1.54) is 7.11 Å². The summed E-state index contributed by atoms with van der Waals surface area (Å²) in [5.41, 5.74) is 1.85. The Morgan fingerprint density at radius 1 is 1.33 bits per heavy atom. The molecule has 78 valence electrons. The molecule has 1 aromatic rings. The second-order valence-electron chi connectivity index (χ2n) is 2.98. The molecule has 1 aromatic carbocycles. The Labute approximate surface area is 89.8 Å². The Morgan fingerprint density at radius 3 is 2.53 bits per heavy atom. The first-order chi connectivity index (χ1) is 7.21. The summed E-state index contributed by atoms with van der Waals surface area (Å²) in [7, 11) is 1.52. The average molecular weight is 202 g/mol. The fraction of sp³-hybridized carbons (Fsp3) is 0.0769. The van der Waals surface area contributed by atoms with Crippen molar-refractivity contribution < 1.29 is 9.84 Å². The molecule has 0 aromatic heterocycles. The van der Waals surface area contributed by atoms with Crippen LogP contribution in [0, 0.1) is 0 Å². The van der Waals surface area contributed by atoms with Crippen molar-refractivity contribution in [2.24, 2.45) is 0 Å². The zero-order valence-corrected chi connectivity index (χ0v) is 8.73. The van der Waals surface area contributed by atoms with Gasteiger partial charge < -0.3 is 9.84 Å². The monoisotopic (exact) mass is 202 g/mol. The lowest BCUT2D eigenvalue weighted by molar-refractivity contribution is 0.373. The van der Waals surface area contributed by atoms with Gasteiger partial charge in [-0.25, -0.2) is 0 Å². The van der Waals surface area contributed by atoms with Gasteiger partial charge >= 0.3 is 0 Å². The van der Waals surface area contributed by atoms with E-state index in [0.29, 0.717) is 5.75 Å². The lowest BCUT2D eigenvalue weighted by Crippen LogP contribution is -1.84. The number of allylic oxidation sites excluding steroid dienone is 3. The number of aromatic hydroxyl groups is 1. The molecule has 15 heavy (non-hydrogen) atoms. The first kappa shape index (κ1) is 11.1. The van der Waals surface area contributed by atoms with Crippen molar-refractivity contribution in [3.63, 3.8) is 0 Å². The quantitative estimate of drug-likeness (QED) is 0.760. The van der Waals surface area contributed by atoms with Gasteiger partial charge in [0, 0.05) is 0 Å². The van der Waals surface area contributed by atoms with Gasteiger partial charge in [0.05, 0.1) is 7.11 Å². The first-order valence-corrected chi connectivity index (χ1v) is 4.55. The van der Waals surface area contributed by atoms with Crippen molar-refractivity contribution in [2.45, 2.75) is 0 Å². The van der Waals surface area contributed by atoms with Crippen LogP contribution in [0.5, 0.6) is 11.5 Å². The number of hydrogen-bond acceptors (Lipinski definition) is 2. The summed E-state index contributed by atoms with van der Waals surface area (Å²) in [4.78, 5) is 0. The third-order valence-corrected chi connectivity index (χ3v) is 2.01. The molecular weight excluding hydrogens is 188 g/mol. The van der Waals surface area contributed by atoms with Crippen LogP contribution in [0.4, 0.5) is 0 Å². The number of methoxy groups -OCH3 is 1. The first-order valence-electron chi connectivity index (χ1n) is 4.55. The molecule has 0 aliphatic heterocycles. The molecule has 0 atom stereocenters. The Balaban J connectivity index is 3.11. The summed E-state index contributed by atoms with van der Waals surface area (Å²) in [6.07, 6.45) is 5.33. The molecule has 2 nitrogen and oxygen atoms in total. The van der Waals surface area contributed by atoms with Gasteiger partial charge in [-0.2, -0.15) is 0 Å². The number of phenolic OH excluding ortho intramolecular Hbond substituents is 1. The van der Waals surface area contributed by atoms with Crippen LogP contribution in [0.1, 0.15) is 5.56 Å². The zero-order chi connectivity index (χ0) is 11.3. The summed E-state index contributed by atoms with van der Waals surface area (Å²) in [6.45, 7) is 7.34. The van der Waals surface area contributed by atoms with E-state index in [9.17, 15) is 5.11 Å². The van der Waals surface area contributed by atoms with Crippen LogP contribution in [0.2, 0.25) is 0 Å². The number of phenols is 1. The van der Waals surface area contributed by atoms with Gasteiger partial charge in [0.2, 0.25) is 0 Å². The highest BCUT2D eigenvalue weighted by molar-refractivity contribution is 5.61. The van der Waals surface area contributed by atoms with Gasteiger partial charge in [-0.05, 0) is 29.3 Å². The lowest BCUT2D eigenvalue weighted by Gasteiger charge is -2.04. The third-order valence-electron chi connectivity index (χ3n) is 2.01. The molecule has 1 rings (SSSR count). The van der Waals surface area contributed by atoms with Gasteiger partial charge in [-0.3, -0.25) is 0 Å². The smallest absolute Gasteiger partial charge is 0.161 e. The van der Waals surface area contributed by atoms with Crippen molar-refractivity contribution in [1.29, 1.82) is 0 Å². The van der Waals surface area contributed by atoms with Crippen molar-refractivity contribution in [2.75, 3.05) is 7.11 Å². The normalized spacial score (nSPS) is 9.13. The van der Waals surface area contributed by atoms with Crippen LogP contribution in [-0.2, 0) is 0 Å². The van der Waals surface area contributed by atoms with Crippen molar-refractivity contribution in [3.05, 3.63) is 54.6 Å². The molecule has 0 radical (unpaired) electrons. The number of ether oxygens (including phenoxy) is 1. The second-order valence-corrected chi connectivity index (χ2v) is 2.98. The predicted octanol–water partition coefficient (Wildman–Crippen LogP) is 3.16. The molecule has 0 aliphatic rings. The van der Waals surface area contributed by atoms with Crippen LogP contribution in [0.25, 0.3) is 6.08 Å². The minimum absolute atomic E-state index is 0.133. The van der Waals surface area contributed by atoms with Crippen LogP contribution in [0.15, 0.2) is 49.1 Å². The minimum Gasteiger partial charge on any atom is -0.504 e. The van der Waals surface area contributed by atoms with E-state index in [1.807, 2.05) is 6.08 Å². The fourth-order valence-electron chi connectivity index (χ4n) is 1.18. The number of hydrogen-bond donors (Lipinski definition) is 1. The molecule has 0 saturated carbocycles. The fourth-order valence-corrected chi connectivity index (χ4v) is 1.18. The largest absolute Gasteiger partial charge is 0.504 e. The van der Waals surface area contributed by atoms with E-state index in [2.05, 4.69) is 13.2 Å². The molecule has 1 N–H and O–H groups in total. The Bertz CT molecular complexity index is 393. The molecule has 0 bridgehead atoms. The standard InChI is InChI=1S/C13H14O2/c1-4-10(5-2)8-11-6-7-12(14)13(9-11)15-3/h4-9,14H,1-2H2,3H3. The highest BCUT2D eigenvalue weighted by Crippen LogP contribution is 2.27. The predicted molar refractivity (Wildman–Crippen MR) is 63.0 cm³/mol. The van der Waals surface area contributed by atoms with E-state index in [-0.39, 0.29) is 5.75 Å². The van der Waals surface area contributed by atoms with E-state index in [4.69, 9.17) is 4.74 Å². The molecule has 2 heteroatoms. The lowest BCUT2D eigenvalue weighted by atomic mass is 10.1. The van der Waals surface area contributed by atoms with Crippen molar-refractivity contribution in [3.8, 4) is 11.5 Å². The highest BCUT2D eigenvalue weighted by Gasteiger charge is 2.00. The maximum atomic E-state index is 9.40. The Kier molecular flexibility index (Phi) is 3.75. The average Bonchev–Trinajstić information content (AvgIpc) is 2.28. The van der Waals surface area contributed by atoms with Gasteiger partial charge in [0.15, 0.2) is 11.5 Å². The summed E-state index contributed by atoms with van der Waals surface area (Å²) < 4.78 is 5.00. The summed E-state index contributed by atoms with van der Waals surface area (Å²) in [5.74, 6) is 0.588. The van der Waals surface area contributed by atoms with Gasteiger partial charge in [-0.15, -0.1) is 0 Å². The molecule has 0 spiro atoms. The zero-order valence-electron chi connectivity index (χ0n) is 8.73. The van der Waals surface area contributed by atoms with E-state index < -0.39 is 0 Å². The number of benzene rings is 1. The van der Waals surface area contributed by atoms with Gasteiger partial charge in [-0.1, -0.05) is 31.4 Å². The highest BCUT2D eigenvalue weighted by atomic mass is 16.5. The molecule has 0 amide bonds. The molecule has 0 heterocycles. The third kappa shape index (κ3) is 2.74. The van der Waals surface area contributed by atoms with Crippen LogP contribution >= 0.6 is 0 Å². The van der Waals surface area contributed by atoms with Gasteiger partial charge in [0.1, 0.15) is 0 Å². The molecular formula is C13H14O2. The van der Waals surface area contributed by atoms with E-state index >= 15 is 0 Å². The van der Waals surface area contributed by atoms with Crippen molar-refractivity contribution in [1.82, 2.24) is 0 Å². The van der Waals surface area contributed by atoms with Crippen LogP contribution in [-0.4, -0.2) is 12.2 Å². The minimum atomic E-state index is 0.133. The second kappa shape index (κ2) is 5.05. The summed E-state index contributed by atoms with van der Waals surface area (Å²) >= 11 is 0. The molecule has 0 aliphatic carbocycles. The van der Waals surface area contributed by atoms with E-state index in [0.717, 1.165) is 11.1 Å². The van der Waals surface area contributed by atoms with Crippen molar-refractivity contribution >= 4 is 6.08 Å². The SMILES string of the molecule is C=CC(C=C)=Cc1ccc(O)c(OC)c1. The summed E-state index contributed by atoms with van der Waals surface area (Å²) in [6, 6.07) is 5.14. The molecule has 0 fully saturated rings. The molecule has 0 unspecified atom stereocenters. The van der Waals surface area contributed by atoms with Crippen LogP contribution in [0.3, 0.4) is 0 Å².